The van der Waals surface area contributed by atoms with Crippen molar-refractivity contribution in [1.29, 1.82) is 0 Å². The van der Waals surface area contributed by atoms with Gasteiger partial charge in [-0.05, 0) is 26.7 Å². The Hall–Kier alpha value is -0.0800. The monoisotopic (exact) mass is 185 g/mol. The molecule has 78 valence electrons. The lowest BCUT2D eigenvalue weighted by atomic mass is 9.96. The molecule has 0 bridgehead atoms. The van der Waals surface area contributed by atoms with Gasteiger partial charge in [0.25, 0.3) is 0 Å². The van der Waals surface area contributed by atoms with Gasteiger partial charge in [0, 0.05) is 6.04 Å². The van der Waals surface area contributed by atoms with Crippen LogP contribution in [0.1, 0.15) is 58.8 Å². The lowest BCUT2D eigenvalue weighted by Crippen LogP contribution is -2.45. The van der Waals surface area contributed by atoms with Crippen molar-refractivity contribution in [3.8, 4) is 0 Å². The number of rotatable bonds is 2. The Morgan fingerprint density at radius 1 is 1.00 bits per heavy atom. The van der Waals surface area contributed by atoms with Crippen LogP contribution in [0.2, 0.25) is 0 Å². The van der Waals surface area contributed by atoms with Crippen molar-refractivity contribution in [3.63, 3.8) is 0 Å². The van der Waals surface area contributed by atoms with Gasteiger partial charge in [-0.1, -0.05) is 32.1 Å². The average Bonchev–Trinajstić information content (AvgIpc) is 1.92. The fraction of sp³-hybridized carbons (Fsp3) is 1.00. The molecule has 0 saturated heterocycles. The Labute approximate surface area is 81.7 Å². The molecule has 0 heterocycles. The molecule has 0 aromatic heterocycles. The molecular weight excluding hydrogens is 162 g/mol. The van der Waals surface area contributed by atoms with E-state index in [-0.39, 0.29) is 0 Å². The zero-order valence-corrected chi connectivity index (χ0v) is 8.97. The molecule has 1 aliphatic rings. The van der Waals surface area contributed by atoms with Crippen LogP contribution in [0.25, 0.3) is 0 Å². The van der Waals surface area contributed by atoms with E-state index in [1.54, 1.807) is 0 Å². The molecule has 13 heavy (non-hydrogen) atoms. The maximum Gasteiger partial charge on any atom is 0.110 e. The van der Waals surface area contributed by atoms with Crippen molar-refractivity contribution in [2.75, 3.05) is 0 Å². The van der Waals surface area contributed by atoms with Crippen LogP contribution in [0.15, 0.2) is 0 Å². The molecule has 0 amide bonds. The molecule has 2 N–H and O–H groups in total. The number of nitrogens with one attached hydrogen (secondary N) is 1. The van der Waals surface area contributed by atoms with Crippen LogP contribution < -0.4 is 5.32 Å². The number of aliphatic hydroxyl groups is 1. The second kappa shape index (κ2) is 4.97. The lowest BCUT2D eigenvalue weighted by Gasteiger charge is -2.28. The Balaban J connectivity index is 2.29. The van der Waals surface area contributed by atoms with E-state index in [2.05, 4.69) is 5.32 Å². The predicted molar refractivity (Wildman–Crippen MR) is 55.5 cm³/mol. The summed E-state index contributed by atoms with van der Waals surface area (Å²) in [6.07, 6.45) is 9.21. The highest BCUT2D eigenvalue weighted by Gasteiger charge is 2.18. The van der Waals surface area contributed by atoms with Crippen molar-refractivity contribution in [2.45, 2.75) is 70.6 Å². The van der Waals surface area contributed by atoms with Gasteiger partial charge in [0.05, 0.1) is 0 Å². The lowest BCUT2D eigenvalue weighted by molar-refractivity contribution is 0.0272. The standard InChI is InChI=1S/C11H23NO/c1-11(2,13)12-10-8-6-4-3-5-7-9-10/h10,12-13H,3-9H2,1-2H3. The van der Waals surface area contributed by atoms with Crippen LogP contribution in [0.4, 0.5) is 0 Å². The Bertz CT molecular complexity index is 132. The first-order valence-electron chi connectivity index (χ1n) is 5.58. The van der Waals surface area contributed by atoms with E-state index in [9.17, 15) is 5.11 Å². The Morgan fingerprint density at radius 3 is 1.92 bits per heavy atom. The maximum absolute atomic E-state index is 9.62. The van der Waals surface area contributed by atoms with E-state index in [1.807, 2.05) is 13.8 Å². The molecule has 1 rings (SSSR count). The highest BCUT2D eigenvalue weighted by Crippen LogP contribution is 2.18. The van der Waals surface area contributed by atoms with Crippen molar-refractivity contribution < 1.29 is 5.11 Å². The van der Waals surface area contributed by atoms with Gasteiger partial charge in [-0.15, -0.1) is 0 Å². The minimum absolute atomic E-state index is 0.528. The van der Waals surface area contributed by atoms with E-state index in [0.29, 0.717) is 6.04 Å². The molecule has 0 aromatic rings. The first kappa shape index (κ1) is 11.0. The SMILES string of the molecule is CC(C)(O)NC1CCCCCCC1. The van der Waals surface area contributed by atoms with E-state index >= 15 is 0 Å². The van der Waals surface area contributed by atoms with Crippen molar-refractivity contribution in [1.82, 2.24) is 5.32 Å². The molecule has 1 saturated carbocycles. The molecule has 0 unspecified atom stereocenters. The molecule has 0 radical (unpaired) electrons. The summed E-state index contributed by atoms with van der Waals surface area (Å²) in [5, 5.41) is 12.9. The maximum atomic E-state index is 9.62. The van der Waals surface area contributed by atoms with Crippen molar-refractivity contribution in [3.05, 3.63) is 0 Å². The third-order valence-electron chi connectivity index (χ3n) is 2.66. The van der Waals surface area contributed by atoms with E-state index in [4.69, 9.17) is 0 Å². The summed E-state index contributed by atoms with van der Waals surface area (Å²) in [5.74, 6) is 0. The quantitative estimate of drug-likeness (QED) is 0.648. The molecule has 1 fully saturated rings. The van der Waals surface area contributed by atoms with Gasteiger partial charge in [-0.2, -0.15) is 0 Å². The molecule has 0 aromatic carbocycles. The van der Waals surface area contributed by atoms with Crippen molar-refractivity contribution >= 4 is 0 Å². The van der Waals surface area contributed by atoms with E-state index in [0.717, 1.165) is 0 Å². The Morgan fingerprint density at radius 2 is 1.46 bits per heavy atom. The number of hydrogen-bond acceptors (Lipinski definition) is 2. The summed E-state index contributed by atoms with van der Waals surface area (Å²) in [4.78, 5) is 0. The topological polar surface area (TPSA) is 32.3 Å². The van der Waals surface area contributed by atoms with Crippen LogP contribution >= 0.6 is 0 Å². The zero-order chi connectivity index (χ0) is 9.73. The predicted octanol–water partition coefficient (Wildman–Crippen LogP) is 2.42. The molecule has 2 heteroatoms. The zero-order valence-electron chi connectivity index (χ0n) is 8.97. The van der Waals surface area contributed by atoms with Gasteiger partial charge in [-0.25, -0.2) is 0 Å². The molecule has 0 atom stereocenters. The van der Waals surface area contributed by atoms with E-state index in [1.165, 1.54) is 44.9 Å². The minimum Gasteiger partial charge on any atom is -0.376 e. The Kier molecular flexibility index (Phi) is 4.20. The summed E-state index contributed by atoms with van der Waals surface area (Å²) in [5.41, 5.74) is -0.705. The highest BCUT2D eigenvalue weighted by atomic mass is 16.3. The molecular formula is C11H23NO. The highest BCUT2D eigenvalue weighted by molar-refractivity contribution is 4.74. The molecule has 0 aliphatic heterocycles. The first-order valence-corrected chi connectivity index (χ1v) is 5.58. The smallest absolute Gasteiger partial charge is 0.110 e. The average molecular weight is 185 g/mol. The second-order valence-electron chi connectivity index (χ2n) is 4.75. The second-order valence-corrected chi connectivity index (χ2v) is 4.75. The van der Waals surface area contributed by atoms with Crippen LogP contribution in [0, 0.1) is 0 Å². The van der Waals surface area contributed by atoms with Gasteiger partial charge in [0.15, 0.2) is 0 Å². The molecule has 1 aliphatic carbocycles. The van der Waals surface area contributed by atoms with Crippen LogP contribution in [-0.2, 0) is 0 Å². The summed E-state index contributed by atoms with van der Waals surface area (Å²) < 4.78 is 0. The summed E-state index contributed by atoms with van der Waals surface area (Å²) in [7, 11) is 0. The van der Waals surface area contributed by atoms with Crippen LogP contribution in [0.5, 0.6) is 0 Å². The molecule has 0 spiro atoms. The summed E-state index contributed by atoms with van der Waals surface area (Å²) >= 11 is 0. The third kappa shape index (κ3) is 5.27. The van der Waals surface area contributed by atoms with Crippen LogP contribution in [0.3, 0.4) is 0 Å². The normalized spacial score (nSPS) is 22.4. The van der Waals surface area contributed by atoms with Gasteiger partial charge >= 0.3 is 0 Å². The molecule has 2 nitrogen and oxygen atoms in total. The largest absolute Gasteiger partial charge is 0.376 e. The fourth-order valence-corrected chi connectivity index (χ4v) is 2.10. The van der Waals surface area contributed by atoms with Gasteiger partial charge in [0.1, 0.15) is 5.72 Å². The van der Waals surface area contributed by atoms with Crippen molar-refractivity contribution in [2.24, 2.45) is 0 Å². The summed E-state index contributed by atoms with van der Waals surface area (Å²) in [6.45, 7) is 3.65. The summed E-state index contributed by atoms with van der Waals surface area (Å²) in [6, 6.07) is 0.528. The fourth-order valence-electron chi connectivity index (χ4n) is 2.10. The van der Waals surface area contributed by atoms with Crippen LogP contribution in [-0.4, -0.2) is 16.9 Å². The van der Waals surface area contributed by atoms with Gasteiger partial charge < -0.3 is 5.11 Å². The van der Waals surface area contributed by atoms with Gasteiger partial charge in [-0.3, -0.25) is 5.32 Å². The minimum atomic E-state index is -0.705. The first-order chi connectivity index (χ1) is 6.08. The van der Waals surface area contributed by atoms with E-state index < -0.39 is 5.72 Å². The number of hydrogen-bond donors (Lipinski definition) is 2. The van der Waals surface area contributed by atoms with Gasteiger partial charge in [0.2, 0.25) is 0 Å². The third-order valence-corrected chi connectivity index (χ3v) is 2.66.